The number of rotatable bonds is 8. The quantitative estimate of drug-likeness (QED) is 0.225. The zero-order valence-electron chi connectivity index (χ0n) is 22.5. The van der Waals surface area contributed by atoms with E-state index in [4.69, 9.17) is 25.8 Å². The number of halogens is 2. The standard InChI is InChI=1S/C31H26BrClN2O5S/c1-4-39-30(37)27-18(2)34-31-35(28(27)21-10-13-25(38-3)24(32)16-21)29(36)26(41-31)15-19-8-11-23(12-9-19)40-17-20-6-5-7-22(33)14-20/h5-16,28H,4,17H2,1-3H3/b26-15-/t28-/m1/s1. The van der Waals surface area contributed by atoms with E-state index < -0.39 is 12.0 Å². The lowest BCUT2D eigenvalue weighted by Gasteiger charge is -2.25. The molecule has 0 saturated carbocycles. The second-order valence-electron chi connectivity index (χ2n) is 9.18. The van der Waals surface area contributed by atoms with Crippen molar-refractivity contribution in [3.05, 3.63) is 124 Å². The first kappa shape index (κ1) is 28.9. The lowest BCUT2D eigenvalue weighted by atomic mass is 9.96. The van der Waals surface area contributed by atoms with Gasteiger partial charge in [0, 0.05) is 5.02 Å². The molecule has 1 aromatic heterocycles. The molecule has 1 aliphatic rings. The van der Waals surface area contributed by atoms with Gasteiger partial charge in [-0.2, -0.15) is 0 Å². The first-order valence-electron chi connectivity index (χ1n) is 12.8. The number of methoxy groups -OCH3 is 1. The van der Waals surface area contributed by atoms with Gasteiger partial charge in [-0.3, -0.25) is 9.36 Å². The third kappa shape index (κ3) is 6.17. The summed E-state index contributed by atoms with van der Waals surface area (Å²) in [5.74, 6) is 0.830. The summed E-state index contributed by atoms with van der Waals surface area (Å²) in [6.45, 7) is 4.10. The van der Waals surface area contributed by atoms with Gasteiger partial charge in [0.15, 0.2) is 4.80 Å². The molecule has 1 atom stereocenters. The van der Waals surface area contributed by atoms with E-state index in [1.54, 1.807) is 31.6 Å². The molecule has 41 heavy (non-hydrogen) atoms. The summed E-state index contributed by atoms with van der Waals surface area (Å²) in [5.41, 5.74) is 3.11. The molecule has 0 radical (unpaired) electrons. The number of fused-ring (bicyclic) bond motifs is 1. The number of aromatic nitrogens is 1. The smallest absolute Gasteiger partial charge is 0.338 e. The zero-order valence-corrected chi connectivity index (χ0v) is 25.7. The maximum atomic E-state index is 13.8. The van der Waals surface area contributed by atoms with Gasteiger partial charge >= 0.3 is 5.97 Å². The molecule has 7 nitrogen and oxygen atoms in total. The summed E-state index contributed by atoms with van der Waals surface area (Å²) in [5, 5.41) is 0.661. The molecule has 0 aliphatic carbocycles. The predicted molar refractivity (Wildman–Crippen MR) is 163 cm³/mol. The fourth-order valence-corrected chi connectivity index (χ4v) is 6.38. The molecule has 0 N–H and O–H groups in total. The zero-order chi connectivity index (χ0) is 29.1. The van der Waals surface area contributed by atoms with Crippen LogP contribution >= 0.6 is 38.9 Å². The van der Waals surface area contributed by atoms with Gasteiger partial charge in [-0.25, -0.2) is 9.79 Å². The Bertz CT molecular complexity index is 1830. The summed E-state index contributed by atoms with van der Waals surface area (Å²) < 4.78 is 19.4. The Hall–Kier alpha value is -3.66. The van der Waals surface area contributed by atoms with Crippen molar-refractivity contribution in [3.63, 3.8) is 0 Å². The molecule has 10 heteroatoms. The molecule has 5 rings (SSSR count). The van der Waals surface area contributed by atoms with Crippen LogP contribution in [0, 0.1) is 0 Å². The van der Waals surface area contributed by atoms with Crippen LogP contribution in [0.5, 0.6) is 11.5 Å². The van der Waals surface area contributed by atoms with Crippen molar-refractivity contribution in [2.75, 3.05) is 13.7 Å². The van der Waals surface area contributed by atoms with E-state index >= 15 is 0 Å². The minimum Gasteiger partial charge on any atom is -0.496 e. The Morgan fingerprint density at radius 1 is 1.15 bits per heavy atom. The number of benzene rings is 3. The monoisotopic (exact) mass is 652 g/mol. The minimum atomic E-state index is -0.711. The predicted octanol–water partition coefficient (Wildman–Crippen LogP) is 5.80. The van der Waals surface area contributed by atoms with Gasteiger partial charge in [0.1, 0.15) is 18.1 Å². The molecule has 0 spiro atoms. The molecular weight excluding hydrogens is 628 g/mol. The fraction of sp³-hybridized carbons (Fsp3) is 0.194. The highest BCUT2D eigenvalue weighted by molar-refractivity contribution is 9.10. The van der Waals surface area contributed by atoms with Gasteiger partial charge in [-0.05, 0) is 88.9 Å². The molecule has 210 valence electrons. The van der Waals surface area contributed by atoms with Crippen LogP contribution in [0.15, 0.2) is 92.3 Å². The number of allylic oxidation sites excluding steroid dienone is 1. The first-order chi connectivity index (χ1) is 19.8. The SMILES string of the molecule is CCOC(=O)C1=C(C)N=c2s/c(=C\c3ccc(OCc4cccc(Cl)c4)cc3)c(=O)n2[C@@H]1c1ccc(OC)c(Br)c1. The fourth-order valence-electron chi connectivity index (χ4n) is 4.56. The Labute approximate surface area is 254 Å². The highest BCUT2D eigenvalue weighted by atomic mass is 79.9. The molecule has 0 amide bonds. The van der Waals surface area contributed by atoms with Crippen molar-refractivity contribution < 1.29 is 19.0 Å². The van der Waals surface area contributed by atoms with Gasteiger partial charge in [-0.1, -0.05) is 53.3 Å². The number of ether oxygens (including phenoxy) is 3. The normalized spacial score (nSPS) is 14.9. The topological polar surface area (TPSA) is 79.1 Å². The number of carbonyl (C=O) groups excluding carboxylic acids is 1. The van der Waals surface area contributed by atoms with Gasteiger partial charge in [-0.15, -0.1) is 0 Å². The van der Waals surface area contributed by atoms with Gasteiger partial charge in [0.25, 0.3) is 5.56 Å². The summed E-state index contributed by atoms with van der Waals surface area (Å²) in [4.78, 5) is 32.1. The minimum absolute atomic E-state index is 0.206. The first-order valence-corrected chi connectivity index (χ1v) is 14.8. The molecular formula is C31H26BrClN2O5S. The second-order valence-corrected chi connectivity index (χ2v) is 11.5. The lowest BCUT2D eigenvalue weighted by molar-refractivity contribution is -0.139. The van der Waals surface area contributed by atoms with Crippen LogP contribution in [-0.4, -0.2) is 24.3 Å². The number of thiazole rings is 1. The Kier molecular flexibility index (Phi) is 8.77. The third-order valence-corrected chi connectivity index (χ3v) is 8.32. The van der Waals surface area contributed by atoms with Crippen LogP contribution in [0.2, 0.25) is 5.02 Å². The molecule has 0 saturated heterocycles. The molecule has 1 aliphatic heterocycles. The van der Waals surface area contributed by atoms with Crippen LogP contribution in [-0.2, 0) is 16.1 Å². The van der Waals surface area contributed by atoms with Gasteiger partial charge in [0.05, 0.1) is 40.0 Å². The van der Waals surface area contributed by atoms with E-state index in [0.29, 0.717) is 48.2 Å². The van der Waals surface area contributed by atoms with Crippen LogP contribution < -0.4 is 24.4 Å². The molecule has 3 aromatic carbocycles. The van der Waals surface area contributed by atoms with Crippen LogP contribution in [0.4, 0.5) is 0 Å². The summed E-state index contributed by atoms with van der Waals surface area (Å²) in [7, 11) is 1.58. The number of nitrogens with zero attached hydrogens (tertiary/aromatic N) is 2. The van der Waals surface area contributed by atoms with Gasteiger partial charge < -0.3 is 14.2 Å². The number of hydrogen-bond donors (Lipinski definition) is 0. The lowest BCUT2D eigenvalue weighted by Crippen LogP contribution is -2.39. The number of esters is 1. The molecule has 2 heterocycles. The number of carbonyl (C=O) groups is 1. The van der Waals surface area contributed by atoms with E-state index in [-0.39, 0.29) is 12.2 Å². The van der Waals surface area contributed by atoms with Crippen LogP contribution in [0.1, 0.15) is 36.6 Å². The van der Waals surface area contributed by atoms with Crippen molar-refractivity contribution >= 4 is 50.9 Å². The molecule has 0 unspecified atom stereocenters. The summed E-state index contributed by atoms with van der Waals surface area (Å²) >= 11 is 10.9. The molecule has 0 bridgehead atoms. The molecule has 4 aromatic rings. The van der Waals surface area contributed by atoms with Crippen LogP contribution in [0.25, 0.3) is 6.08 Å². The average molecular weight is 654 g/mol. The summed E-state index contributed by atoms with van der Waals surface area (Å²) in [6, 6.07) is 19.8. The van der Waals surface area contributed by atoms with E-state index in [1.165, 1.54) is 11.3 Å². The van der Waals surface area contributed by atoms with E-state index in [1.807, 2.05) is 66.7 Å². The Morgan fingerprint density at radius 2 is 1.93 bits per heavy atom. The maximum Gasteiger partial charge on any atom is 0.338 e. The van der Waals surface area contributed by atoms with E-state index in [9.17, 15) is 9.59 Å². The van der Waals surface area contributed by atoms with Crippen LogP contribution in [0.3, 0.4) is 0 Å². The number of hydrogen-bond acceptors (Lipinski definition) is 7. The van der Waals surface area contributed by atoms with Crippen molar-refractivity contribution in [1.82, 2.24) is 4.57 Å². The average Bonchev–Trinajstić information content (AvgIpc) is 3.26. The van der Waals surface area contributed by atoms with E-state index in [2.05, 4.69) is 20.9 Å². The Morgan fingerprint density at radius 3 is 2.61 bits per heavy atom. The van der Waals surface area contributed by atoms with Gasteiger partial charge in [0.2, 0.25) is 0 Å². The van der Waals surface area contributed by atoms with Crippen molar-refractivity contribution in [3.8, 4) is 11.5 Å². The third-order valence-electron chi connectivity index (χ3n) is 6.48. The second kappa shape index (κ2) is 12.5. The summed E-state index contributed by atoms with van der Waals surface area (Å²) in [6.07, 6.45) is 1.81. The largest absolute Gasteiger partial charge is 0.496 e. The maximum absolute atomic E-state index is 13.8. The van der Waals surface area contributed by atoms with Crippen molar-refractivity contribution in [2.24, 2.45) is 4.99 Å². The van der Waals surface area contributed by atoms with Crippen molar-refractivity contribution in [2.45, 2.75) is 26.5 Å². The van der Waals surface area contributed by atoms with E-state index in [0.717, 1.165) is 16.7 Å². The highest BCUT2D eigenvalue weighted by Gasteiger charge is 2.33. The van der Waals surface area contributed by atoms with Crippen molar-refractivity contribution in [1.29, 1.82) is 0 Å². The highest BCUT2D eigenvalue weighted by Crippen LogP contribution is 2.35. The molecule has 0 fully saturated rings. The Balaban J connectivity index is 1.51.